The summed E-state index contributed by atoms with van der Waals surface area (Å²) in [5.41, 5.74) is 0.267. The molecule has 0 unspecified atom stereocenters. The van der Waals surface area contributed by atoms with E-state index in [2.05, 4.69) is 15.6 Å². The molecule has 8 heteroatoms. The second-order valence-electron chi connectivity index (χ2n) is 4.92. The van der Waals surface area contributed by atoms with Gasteiger partial charge in [-0.2, -0.15) is 0 Å². The Kier molecular flexibility index (Phi) is 6.85. The molecule has 1 aromatic carbocycles. The van der Waals surface area contributed by atoms with Crippen molar-refractivity contribution in [3.8, 4) is 0 Å². The number of para-hydroxylation sites is 1. The van der Waals surface area contributed by atoms with E-state index in [9.17, 15) is 14.0 Å². The molecule has 0 radical (unpaired) electrons. The molecular weight excluding hydrogens is 329 g/mol. The van der Waals surface area contributed by atoms with Crippen LogP contribution in [-0.2, 0) is 14.3 Å². The highest BCUT2D eigenvalue weighted by Gasteiger charge is 2.16. The molecule has 0 aliphatic carbocycles. The minimum absolute atomic E-state index is 0.0930. The van der Waals surface area contributed by atoms with Crippen molar-refractivity contribution in [3.63, 3.8) is 0 Å². The molecule has 2 N–H and O–H groups in total. The first-order chi connectivity index (χ1) is 12.1. The predicted molar refractivity (Wildman–Crippen MR) is 89.1 cm³/mol. The van der Waals surface area contributed by atoms with Crippen LogP contribution in [0.4, 0.5) is 15.9 Å². The Balaban J connectivity index is 2.01. The van der Waals surface area contributed by atoms with Crippen molar-refractivity contribution in [1.29, 1.82) is 0 Å². The van der Waals surface area contributed by atoms with Gasteiger partial charge in [0.1, 0.15) is 17.2 Å². The van der Waals surface area contributed by atoms with Crippen molar-refractivity contribution in [2.75, 3.05) is 32.2 Å². The van der Waals surface area contributed by atoms with Gasteiger partial charge in [-0.3, -0.25) is 4.79 Å². The van der Waals surface area contributed by atoms with Gasteiger partial charge in [-0.15, -0.1) is 0 Å². The molecule has 0 fully saturated rings. The minimum Gasteiger partial charge on any atom is -0.452 e. The van der Waals surface area contributed by atoms with E-state index < -0.39 is 24.3 Å². The number of carbonyl (C=O) groups is 2. The molecule has 0 spiro atoms. The summed E-state index contributed by atoms with van der Waals surface area (Å²) in [7, 11) is 1.51. The van der Waals surface area contributed by atoms with Crippen LogP contribution in [0.5, 0.6) is 0 Å². The van der Waals surface area contributed by atoms with Gasteiger partial charge in [0, 0.05) is 19.9 Å². The monoisotopic (exact) mass is 347 g/mol. The highest BCUT2D eigenvalue weighted by atomic mass is 19.1. The molecule has 25 heavy (non-hydrogen) atoms. The molecule has 1 heterocycles. The smallest absolute Gasteiger partial charge is 0.342 e. The lowest BCUT2D eigenvalue weighted by Crippen LogP contribution is -2.31. The number of hydrogen-bond donors (Lipinski definition) is 2. The third kappa shape index (κ3) is 5.54. The van der Waals surface area contributed by atoms with Crippen LogP contribution in [0.1, 0.15) is 10.4 Å². The van der Waals surface area contributed by atoms with Crippen LogP contribution in [0.15, 0.2) is 42.6 Å². The van der Waals surface area contributed by atoms with E-state index in [1.165, 1.54) is 31.5 Å². The number of hydrogen-bond acceptors (Lipinski definition) is 6. The second kappa shape index (κ2) is 9.33. The molecule has 1 aromatic heterocycles. The zero-order chi connectivity index (χ0) is 18.1. The Morgan fingerprint density at radius 2 is 2.00 bits per heavy atom. The fraction of sp³-hybridized carbons (Fsp3) is 0.235. The van der Waals surface area contributed by atoms with Crippen LogP contribution >= 0.6 is 0 Å². The van der Waals surface area contributed by atoms with Gasteiger partial charge in [-0.05, 0) is 24.3 Å². The van der Waals surface area contributed by atoms with Crippen molar-refractivity contribution in [2.24, 2.45) is 0 Å². The maximum atomic E-state index is 13.7. The maximum absolute atomic E-state index is 13.7. The molecule has 2 rings (SSSR count). The number of nitrogens with one attached hydrogen (secondary N) is 2. The first kappa shape index (κ1) is 18.3. The number of nitrogens with zero attached hydrogens (tertiary/aromatic N) is 1. The van der Waals surface area contributed by atoms with Gasteiger partial charge in [0.05, 0.1) is 12.3 Å². The zero-order valence-electron chi connectivity index (χ0n) is 13.6. The van der Waals surface area contributed by atoms with Crippen molar-refractivity contribution >= 4 is 23.4 Å². The van der Waals surface area contributed by atoms with E-state index in [0.29, 0.717) is 13.2 Å². The molecule has 0 aliphatic rings. The third-order valence-electron chi connectivity index (χ3n) is 3.12. The van der Waals surface area contributed by atoms with Gasteiger partial charge in [0.15, 0.2) is 6.61 Å². The molecular formula is C17H18FN3O4. The predicted octanol–water partition coefficient (Wildman–Crippen LogP) is 1.88. The maximum Gasteiger partial charge on any atom is 0.342 e. The number of esters is 1. The summed E-state index contributed by atoms with van der Waals surface area (Å²) in [6.45, 7) is 0.245. The van der Waals surface area contributed by atoms with Gasteiger partial charge in [-0.25, -0.2) is 14.2 Å². The summed E-state index contributed by atoms with van der Waals surface area (Å²) >= 11 is 0. The number of pyridine rings is 1. The molecule has 0 aliphatic heterocycles. The molecule has 0 saturated heterocycles. The average Bonchev–Trinajstić information content (AvgIpc) is 2.62. The number of ether oxygens (including phenoxy) is 2. The summed E-state index contributed by atoms with van der Waals surface area (Å²) in [5, 5.41) is 5.28. The van der Waals surface area contributed by atoms with E-state index in [-0.39, 0.29) is 17.1 Å². The number of amides is 1. The quantitative estimate of drug-likeness (QED) is 0.560. The number of rotatable bonds is 8. The third-order valence-corrected chi connectivity index (χ3v) is 3.12. The summed E-state index contributed by atoms with van der Waals surface area (Å²) in [6, 6.07) is 9.02. The first-order valence-electron chi connectivity index (χ1n) is 7.51. The number of carbonyl (C=O) groups excluding carboxylic acids is 2. The Hall–Kier alpha value is -3.00. The highest BCUT2D eigenvalue weighted by molar-refractivity contribution is 5.96. The first-order valence-corrected chi connectivity index (χ1v) is 7.51. The molecule has 132 valence electrons. The van der Waals surface area contributed by atoms with Crippen molar-refractivity contribution < 1.29 is 23.5 Å². The Bertz CT molecular complexity index is 739. The fourth-order valence-corrected chi connectivity index (χ4v) is 1.91. The SMILES string of the molecule is COCCNC(=O)COC(=O)c1cccnc1Nc1ccccc1F. The van der Waals surface area contributed by atoms with E-state index in [4.69, 9.17) is 9.47 Å². The van der Waals surface area contributed by atoms with E-state index in [0.717, 1.165) is 0 Å². The second-order valence-corrected chi connectivity index (χ2v) is 4.92. The normalized spacial score (nSPS) is 10.2. The van der Waals surface area contributed by atoms with Crippen LogP contribution in [0.3, 0.4) is 0 Å². The van der Waals surface area contributed by atoms with Crippen LogP contribution in [0, 0.1) is 5.82 Å². The zero-order valence-corrected chi connectivity index (χ0v) is 13.6. The highest BCUT2D eigenvalue weighted by Crippen LogP contribution is 2.21. The van der Waals surface area contributed by atoms with E-state index in [1.807, 2.05) is 0 Å². The lowest BCUT2D eigenvalue weighted by molar-refractivity contribution is -0.124. The van der Waals surface area contributed by atoms with Crippen molar-refractivity contribution in [1.82, 2.24) is 10.3 Å². The lowest BCUT2D eigenvalue weighted by atomic mass is 10.2. The molecule has 0 saturated carbocycles. The molecule has 7 nitrogen and oxygen atoms in total. The van der Waals surface area contributed by atoms with Crippen LogP contribution in [-0.4, -0.2) is 43.7 Å². The topological polar surface area (TPSA) is 89.5 Å². The van der Waals surface area contributed by atoms with Gasteiger partial charge in [0.25, 0.3) is 5.91 Å². The molecule has 0 atom stereocenters. The number of methoxy groups -OCH3 is 1. The lowest BCUT2D eigenvalue weighted by Gasteiger charge is -2.11. The minimum atomic E-state index is -0.742. The molecule has 1 amide bonds. The summed E-state index contributed by atoms with van der Waals surface area (Å²) < 4.78 is 23.5. The number of anilines is 2. The Morgan fingerprint density at radius 3 is 2.76 bits per heavy atom. The summed E-state index contributed by atoms with van der Waals surface area (Å²) in [4.78, 5) is 27.8. The number of aromatic nitrogens is 1. The van der Waals surface area contributed by atoms with Crippen LogP contribution in [0.25, 0.3) is 0 Å². The standard InChI is InChI=1S/C17H18FN3O4/c1-24-10-9-19-15(22)11-25-17(23)12-5-4-8-20-16(12)21-14-7-3-2-6-13(14)18/h2-8H,9-11H2,1H3,(H,19,22)(H,20,21). The van der Waals surface area contributed by atoms with E-state index >= 15 is 0 Å². The largest absolute Gasteiger partial charge is 0.452 e. The van der Waals surface area contributed by atoms with Gasteiger partial charge in [0.2, 0.25) is 0 Å². The van der Waals surface area contributed by atoms with Crippen LogP contribution in [0.2, 0.25) is 0 Å². The summed E-state index contributed by atoms with van der Waals surface area (Å²) in [5.74, 6) is -1.53. The molecule has 0 bridgehead atoms. The van der Waals surface area contributed by atoms with Gasteiger partial charge >= 0.3 is 5.97 Å². The number of benzene rings is 1. The fourth-order valence-electron chi connectivity index (χ4n) is 1.91. The molecule has 2 aromatic rings. The van der Waals surface area contributed by atoms with E-state index in [1.54, 1.807) is 18.2 Å². The summed E-state index contributed by atoms with van der Waals surface area (Å²) in [6.07, 6.45) is 1.46. The number of halogens is 1. The van der Waals surface area contributed by atoms with Crippen molar-refractivity contribution in [3.05, 3.63) is 54.0 Å². The van der Waals surface area contributed by atoms with Gasteiger partial charge in [-0.1, -0.05) is 12.1 Å². The van der Waals surface area contributed by atoms with Gasteiger partial charge < -0.3 is 20.1 Å². The van der Waals surface area contributed by atoms with Crippen LogP contribution < -0.4 is 10.6 Å². The average molecular weight is 347 g/mol. The Labute approximate surface area is 144 Å². The Morgan fingerprint density at radius 1 is 1.20 bits per heavy atom. The van der Waals surface area contributed by atoms with Crippen molar-refractivity contribution in [2.45, 2.75) is 0 Å².